The molecule has 1 aliphatic carbocycles. The molecule has 0 amide bonds. The second-order valence-corrected chi connectivity index (χ2v) is 5.81. The van der Waals surface area contributed by atoms with Crippen LogP contribution in [-0.2, 0) is 5.54 Å². The molecule has 2 rings (SSSR count). The fourth-order valence-corrected chi connectivity index (χ4v) is 2.95. The SMILES string of the molecule is Cc1ccccc1C1(N)CCC(C)(C)C1. The lowest BCUT2D eigenvalue weighted by molar-refractivity contribution is 0.339. The third kappa shape index (κ3) is 1.93. The minimum Gasteiger partial charge on any atom is -0.321 e. The molecule has 1 unspecified atom stereocenters. The number of rotatable bonds is 1. The molecule has 2 N–H and O–H groups in total. The summed E-state index contributed by atoms with van der Waals surface area (Å²) in [6.07, 6.45) is 3.45. The van der Waals surface area contributed by atoms with Gasteiger partial charge in [-0.3, -0.25) is 0 Å². The van der Waals surface area contributed by atoms with Gasteiger partial charge in [-0.2, -0.15) is 0 Å². The Morgan fingerprint density at radius 3 is 2.33 bits per heavy atom. The van der Waals surface area contributed by atoms with E-state index in [1.54, 1.807) is 0 Å². The maximum Gasteiger partial charge on any atom is 0.0417 e. The predicted molar refractivity (Wildman–Crippen MR) is 64.7 cm³/mol. The Morgan fingerprint density at radius 2 is 1.80 bits per heavy atom. The average molecular weight is 203 g/mol. The third-order valence-electron chi connectivity index (χ3n) is 3.72. The number of benzene rings is 1. The molecule has 1 fully saturated rings. The first kappa shape index (κ1) is 10.7. The fraction of sp³-hybridized carbons (Fsp3) is 0.571. The van der Waals surface area contributed by atoms with Gasteiger partial charge in [-0.1, -0.05) is 38.1 Å². The van der Waals surface area contributed by atoms with Crippen molar-refractivity contribution in [3.63, 3.8) is 0 Å². The normalized spacial score (nSPS) is 29.3. The van der Waals surface area contributed by atoms with Crippen molar-refractivity contribution >= 4 is 0 Å². The van der Waals surface area contributed by atoms with Crippen LogP contribution in [0, 0.1) is 12.3 Å². The summed E-state index contributed by atoms with van der Waals surface area (Å²) in [4.78, 5) is 0. The molecule has 0 aromatic heterocycles. The average Bonchev–Trinajstić information content (AvgIpc) is 2.42. The van der Waals surface area contributed by atoms with Crippen molar-refractivity contribution in [2.24, 2.45) is 11.1 Å². The molecule has 1 aliphatic rings. The molecule has 0 spiro atoms. The molecule has 1 aromatic carbocycles. The highest BCUT2D eigenvalue weighted by Crippen LogP contribution is 2.47. The first-order chi connectivity index (χ1) is 6.93. The minimum atomic E-state index is -0.0884. The standard InChI is InChI=1S/C14H21N/c1-11-6-4-5-7-12(11)14(15)9-8-13(2,3)10-14/h4-7H,8-10,15H2,1-3H3. The van der Waals surface area contributed by atoms with E-state index in [1.807, 2.05) is 0 Å². The molecule has 1 nitrogen and oxygen atoms in total. The van der Waals surface area contributed by atoms with E-state index in [4.69, 9.17) is 5.73 Å². The summed E-state index contributed by atoms with van der Waals surface area (Å²) in [6, 6.07) is 8.54. The van der Waals surface area contributed by atoms with E-state index in [0.717, 1.165) is 12.8 Å². The fourth-order valence-electron chi connectivity index (χ4n) is 2.95. The maximum absolute atomic E-state index is 6.56. The summed E-state index contributed by atoms with van der Waals surface area (Å²) in [7, 11) is 0. The summed E-state index contributed by atoms with van der Waals surface area (Å²) in [5.41, 5.74) is 9.54. The molecule has 1 aromatic rings. The van der Waals surface area contributed by atoms with E-state index in [2.05, 4.69) is 45.0 Å². The van der Waals surface area contributed by atoms with Crippen LogP contribution in [0.5, 0.6) is 0 Å². The van der Waals surface area contributed by atoms with Crippen molar-refractivity contribution in [1.29, 1.82) is 0 Å². The van der Waals surface area contributed by atoms with E-state index in [-0.39, 0.29) is 5.54 Å². The second-order valence-electron chi connectivity index (χ2n) is 5.81. The van der Waals surface area contributed by atoms with E-state index in [9.17, 15) is 0 Å². The van der Waals surface area contributed by atoms with Crippen molar-refractivity contribution in [2.45, 2.75) is 45.6 Å². The van der Waals surface area contributed by atoms with Crippen LogP contribution in [0.25, 0.3) is 0 Å². The van der Waals surface area contributed by atoms with Crippen LogP contribution in [0.2, 0.25) is 0 Å². The molecule has 0 aliphatic heterocycles. The summed E-state index contributed by atoms with van der Waals surface area (Å²) >= 11 is 0. The third-order valence-corrected chi connectivity index (χ3v) is 3.72. The van der Waals surface area contributed by atoms with Crippen LogP contribution in [0.3, 0.4) is 0 Å². The molecule has 0 saturated heterocycles. The first-order valence-corrected chi connectivity index (χ1v) is 5.78. The van der Waals surface area contributed by atoms with Crippen LogP contribution >= 0.6 is 0 Å². The topological polar surface area (TPSA) is 26.0 Å². The van der Waals surface area contributed by atoms with Gasteiger partial charge in [0.2, 0.25) is 0 Å². The Bertz CT molecular complexity index is 367. The van der Waals surface area contributed by atoms with E-state index in [0.29, 0.717) is 5.41 Å². The summed E-state index contributed by atoms with van der Waals surface area (Å²) in [6.45, 7) is 6.80. The van der Waals surface area contributed by atoms with Crippen molar-refractivity contribution < 1.29 is 0 Å². The molecule has 1 heteroatoms. The Labute approximate surface area is 92.7 Å². The number of hydrogen-bond donors (Lipinski definition) is 1. The summed E-state index contributed by atoms with van der Waals surface area (Å²) in [5, 5.41) is 0. The smallest absolute Gasteiger partial charge is 0.0417 e. The Kier molecular flexibility index (Phi) is 2.38. The molecule has 0 heterocycles. The van der Waals surface area contributed by atoms with Crippen LogP contribution in [0.15, 0.2) is 24.3 Å². The first-order valence-electron chi connectivity index (χ1n) is 5.78. The highest BCUT2D eigenvalue weighted by molar-refractivity contribution is 5.33. The molecule has 15 heavy (non-hydrogen) atoms. The molecule has 1 atom stereocenters. The van der Waals surface area contributed by atoms with Crippen molar-refractivity contribution in [2.75, 3.05) is 0 Å². The monoisotopic (exact) mass is 203 g/mol. The van der Waals surface area contributed by atoms with Crippen LogP contribution in [0.1, 0.15) is 44.2 Å². The van der Waals surface area contributed by atoms with E-state index in [1.165, 1.54) is 17.5 Å². The number of nitrogens with two attached hydrogens (primary N) is 1. The largest absolute Gasteiger partial charge is 0.321 e. The van der Waals surface area contributed by atoms with Gasteiger partial charge in [0.05, 0.1) is 0 Å². The quantitative estimate of drug-likeness (QED) is 0.744. The van der Waals surface area contributed by atoms with Crippen LogP contribution < -0.4 is 5.73 Å². The van der Waals surface area contributed by atoms with Crippen LogP contribution in [0.4, 0.5) is 0 Å². The van der Waals surface area contributed by atoms with Gasteiger partial charge in [0.25, 0.3) is 0 Å². The van der Waals surface area contributed by atoms with Crippen molar-refractivity contribution in [3.05, 3.63) is 35.4 Å². The number of hydrogen-bond acceptors (Lipinski definition) is 1. The molecule has 0 radical (unpaired) electrons. The second kappa shape index (κ2) is 3.34. The molecule has 82 valence electrons. The van der Waals surface area contributed by atoms with E-state index >= 15 is 0 Å². The maximum atomic E-state index is 6.56. The lowest BCUT2D eigenvalue weighted by atomic mass is 9.82. The van der Waals surface area contributed by atoms with Gasteiger partial charge in [-0.05, 0) is 42.7 Å². The predicted octanol–water partition coefficient (Wildman–Crippen LogP) is 3.36. The zero-order chi connectivity index (χ0) is 11.1. The molecule has 0 bridgehead atoms. The van der Waals surface area contributed by atoms with Crippen molar-refractivity contribution in [3.8, 4) is 0 Å². The lowest BCUT2D eigenvalue weighted by Gasteiger charge is -2.28. The zero-order valence-corrected chi connectivity index (χ0v) is 10.0. The molecule has 1 saturated carbocycles. The summed E-state index contributed by atoms with van der Waals surface area (Å²) in [5.74, 6) is 0. The van der Waals surface area contributed by atoms with Gasteiger partial charge >= 0.3 is 0 Å². The van der Waals surface area contributed by atoms with Gasteiger partial charge in [0, 0.05) is 5.54 Å². The zero-order valence-electron chi connectivity index (χ0n) is 10.0. The molecular formula is C14H21N. The Hall–Kier alpha value is -0.820. The van der Waals surface area contributed by atoms with Crippen molar-refractivity contribution in [1.82, 2.24) is 0 Å². The lowest BCUT2D eigenvalue weighted by Crippen LogP contribution is -2.35. The van der Waals surface area contributed by atoms with Gasteiger partial charge in [-0.25, -0.2) is 0 Å². The van der Waals surface area contributed by atoms with Gasteiger partial charge < -0.3 is 5.73 Å². The van der Waals surface area contributed by atoms with Gasteiger partial charge in [0.1, 0.15) is 0 Å². The van der Waals surface area contributed by atoms with Gasteiger partial charge in [0.15, 0.2) is 0 Å². The highest BCUT2D eigenvalue weighted by atomic mass is 14.8. The Balaban J connectivity index is 2.36. The van der Waals surface area contributed by atoms with Crippen LogP contribution in [-0.4, -0.2) is 0 Å². The van der Waals surface area contributed by atoms with E-state index < -0.39 is 0 Å². The Morgan fingerprint density at radius 1 is 1.13 bits per heavy atom. The summed E-state index contributed by atoms with van der Waals surface area (Å²) < 4.78 is 0. The minimum absolute atomic E-state index is 0.0884. The van der Waals surface area contributed by atoms with Gasteiger partial charge in [-0.15, -0.1) is 0 Å². The highest BCUT2D eigenvalue weighted by Gasteiger charge is 2.41. The number of aryl methyl sites for hydroxylation is 1. The molecular weight excluding hydrogens is 182 g/mol.